The average molecular weight is 540 g/mol. The van der Waals surface area contributed by atoms with Crippen LogP contribution in [-0.2, 0) is 9.53 Å². The number of thioether (sulfide) groups is 1. The lowest BCUT2D eigenvalue weighted by molar-refractivity contribution is -0.121. The number of amides is 1. The van der Waals surface area contributed by atoms with Gasteiger partial charge >= 0.3 is 5.97 Å². The van der Waals surface area contributed by atoms with Gasteiger partial charge in [0, 0.05) is 17.1 Å². The molecule has 9 heteroatoms. The topological polar surface area (TPSA) is 68.2 Å². The highest BCUT2D eigenvalue weighted by molar-refractivity contribution is 9.11. The van der Waals surface area contributed by atoms with Crippen molar-refractivity contribution < 1.29 is 19.1 Å². The van der Waals surface area contributed by atoms with Crippen LogP contribution in [0.3, 0.4) is 0 Å². The highest BCUT2D eigenvalue weighted by Crippen LogP contribution is 2.38. The van der Waals surface area contributed by atoms with Gasteiger partial charge in [-0.2, -0.15) is 0 Å². The summed E-state index contributed by atoms with van der Waals surface area (Å²) in [6.07, 6.45) is 1.78. The Hall–Kier alpha value is -2.10. The molecule has 0 saturated carbocycles. The van der Waals surface area contributed by atoms with Gasteiger partial charge in [0.05, 0.1) is 34.8 Å². The number of hydrogen-bond donors (Lipinski definition) is 0. The monoisotopic (exact) mass is 538 g/mol. The third-order valence-corrected chi connectivity index (χ3v) is 6.15. The molecular weight excluding hydrogens is 524 g/mol. The Morgan fingerprint density at radius 1 is 1.17 bits per heavy atom. The Kier molecular flexibility index (Phi) is 6.81. The second-order valence-electron chi connectivity index (χ2n) is 5.92. The predicted octanol–water partition coefficient (Wildman–Crippen LogP) is 5.24. The Morgan fingerprint density at radius 3 is 2.48 bits per heavy atom. The highest BCUT2D eigenvalue weighted by atomic mass is 79.9. The van der Waals surface area contributed by atoms with Crippen molar-refractivity contribution in [2.75, 3.05) is 21.3 Å². The fourth-order valence-electron chi connectivity index (χ4n) is 2.60. The minimum Gasteiger partial charge on any atom is -0.495 e. The molecule has 1 fully saturated rings. The lowest BCUT2D eigenvalue weighted by Gasteiger charge is -2.09. The van der Waals surface area contributed by atoms with E-state index in [0.29, 0.717) is 27.1 Å². The SMILES string of the molecule is COC(=O)c1ccc(N=C2S/C(=C/c3cc(Br)cc(Br)c3OC)C(=O)N2C)cc1. The molecule has 0 atom stereocenters. The molecule has 2 aromatic rings. The van der Waals surface area contributed by atoms with Crippen molar-refractivity contribution in [3.8, 4) is 5.75 Å². The number of rotatable bonds is 4. The number of halogens is 2. The summed E-state index contributed by atoms with van der Waals surface area (Å²) in [5.41, 5.74) is 1.83. The van der Waals surface area contributed by atoms with Crippen molar-refractivity contribution in [2.24, 2.45) is 4.99 Å². The molecule has 0 spiro atoms. The van der Waals surface area contributed by atoms with Gasteiger partial charge in [0.25, 0.3) is 5.91 Å². The van der Waals surface area contributed by atoms with E-state index in [4.69, 9.17) is 9.47 Å². The third kappa shape index (κ3) is 4.73. The molecule has 1 aliphatic heterocycles. The molecule has 0 aliphatic carbocycles. The van der Waals surface area contributed by atoms with Crippen LogP contribution in [0, 0.1) is 0 Å². The fraction of sp³-hybridized carbons (Fsp3) is 0.150. The molecule has 150 valence electrons. The molecule has 0 N–H and O–H groups in total. The zero-order chi connectivity index (χ0) is 21.1. The molecule has 29 heavy (non-hydrogen) atoms. The molecule has 1 heterocycles. The van der Waals surface area contributed by atoms with E-state index in [9.17, 15) is 9.59 Å². The number of esters is 1. The van der Waals surface area contributed by atoms with Crippen LogP contribution in [0.5, 0.6) is 5.75 Å². The van der Waals surface area contributed by atoms with E-state index in [2.05, 4.69) is 36.9 Å². The Morgan fingerprint density at radius 2 is 1.86 bits per heavy atom. The van der Waals surface area contributed by atoms with Gasteiger partial charge in [0.15, 0.2) is 5.17 Å². The summed E-state index contributed by atoms with van der Waals surface area (Å²) in [5.74, 6) is 0.0738. The first-order valence-corrected chi connectivity index (χ1v) is 10.7. The zero-order valence-electron chi connectivity index (χ0n) is 15.7. The minimum absolute atomic E-state index is 0.155. The smallest absolute Gasteiger partial charge is 0.337 e. The number of methoxy groups -OCH3 is 2. The summed E-state index contributed by atoms with van der Waals surface area (Å²) in [4.78, 5) is 30.8. The maximum atomic E-state index is 12.7. The number of aliphatic imine (C=N–C) groups is 1. The van der Waals surface area contributed by atoms with E-state index < -0.39 is 5.97 Å². The zero-order valence-corrected chi connectivity index (χ0v) is 19.7. The first kappa shape index (κ1) is 21.6. The van der Waals surface area contributed by atoms with Gasteiger partial charge in [-0.05, 0) is 70.2 Å². The lowest BCUT2D eigenvalue weighted by Crippen LogP contribution is -2.23. The normalized spacial score (nSPS) is 16.6. The summed E-state index contributed by atoms with van der Waals surface area (Å²) < 4.78 is 11.8. The second-order valence-corrected chi connectivity index (χ2v) is 8.70. The molecule has 3 rings (SSSR count). The summed E-state index contributed by atoms with van der Waals surface area (Å²) in [5, 5.41) is 0.542. The van der Waals surface area contributed by atoms with Crippen molar-refractivity contribution in [2.45, 2.75) is 0 Å². The van der Waals surface area contributed by atoms with Gasteiger partial charge in [-0.3, -0.25) is 9.69 Å². The maximum absolute atomic E-state index is 12.7. The van der Waals surface area contributed by atoms with Crippen molar-refractivity contribution in [3.63, 3.8) is 0 Å². The number of nitrogens with zero attached hydrogens (tertiary/aromatic N) is 2. The summed E-state index contributed by atoms with van der Waals surface area (Å²) >= 11 is 8.20. The van der Waals surface area contributed by atoms with Crippen LogP contribution in [0.1, 0.15) is 15.9 Å². The number of carbonyl (C=O) groups is 2. The second kappa shape index (κ2) is 9.15. The summed E-state index contributed by atoms with van der Waals surface area (Å²) in [6.45, 7) is 0. The van der Waals surface area contributed by atoms with Gasteiger partial charge in [0.2, 0.25) is 0 Å². The van der Waals surface area contributed by atoms with Crippen molar-refractivity contribution in [3.05, 3.63) is 61.4 Å². The minimum atomic E-state index is -0.411. The summed E-state index contributed by atoms with van der Waals surface area (Å²) in [7, 11) is 4.58. The number of carbonyl (C=O) groups excluding carboxylic acids is 2. The number of benzene rings is 2. The van der Waals surface area contributed by atoms with Crippen LogP contribution in [-0.4, -0.2) is 43.2 Å². The number of hydrogen-bond acceptors (Lipinski definition) is 6. The van der Waals surface area contributed by atoms with E-state index in [1.807, 2.05) is 12.1 Å². The van der Waals surface area contributed by atoms with Crippen molar-refractivity contribution >= 4 is 72.4 Å². The van der Waals surface area contributed by atoms with Gasteiger partial charge < -0.3 is 9.47 Å². The van der Waals surface area contributed by atoms with Gasteiger partial charge in [-0.1, -0.05) is 15.9 Å². The standard InChI is InChI=1S/C20H16Br2N2O4S/c1-24-18(25)16(9-12-8-13(21)10-15(22)17(12)27-2)29-20(24)23-14-6-4-11(5-7-14)19(26)28-3/h4-10H,1-3H3/b16-9+,23-20?. The van der Waals surface area contributed by atoms with Crippen LogP contribution in [0.15, 0.2) is 55.2 Å². The molecule has 2 aromatic carbocycles. The Labute approximate surface area is 189 Å². The molecule has 0 aromatic heterocycles. The molecular formula is C20H16Br2N2O4S. The fourth-order valence-corrected chi connectivity index (χ4v) is 4.99. The van der Waals surface area contributed by atoms with Gasteiger partial charge in [-0.15, -0.1) is 0 Å². The Balaban J connectivity index is 1.91. The largest absolute Gasteiger partial charge is 0.495 e. The molecule has 1 saturated heterocycles. The quantitative estimate of drug-likeness (QED) is 0.392. The molecule has 0 unspecified atom stereocenters. The van der Waals surface area contributed by atoms with Crippen LogP contribution < -0.4 is 4.74 Å². The van der Waals surface area contributed by atoms with E-state index in [1.165, 1.54) is 23.8 Å². The van der Waals surface area contributed by atoms with Crippen LogP contribution >= 0.6 is 43.6 Å². The number of likely N-dealkylation sites (N-methyl/N-ethyl adjacent to an activating group) is 1. The third-order valence-electron chi connectivity index (χ3n) is 4.04. The average Bonchev–Trinajstić information content (AvgIpc) is 2.95. The van der Waals surface area contributed by atoms with Crippen molar-refractivity contribution in [1.82, 2.24) is 4.90 Å². The number of amidine groups is 1. The highest BCUT2D eigenvalue weighted by Gasteiger charge is 2.30. The van der Waals surface area contributed by atoms with Crippen LogP contribution in [0.2, 0.25) is 0 Å². The molecule has 0 radical (unpaired) electrons. The first-order chi connectivity index (χ1) is 13.8. The van der Waals surface area contributed by atoms with E-state index in [-0.39, 0.29) is 5.91 Å². The van der Waals surface area contributed by atoms with Gasteiger partial charge in [0.1, 0.15) is 5.75 Å². The van der Waals surface area contributed by atoms with E-state index in [1.54, 1.807) is 44.5 Å². The first-order valence-electron chi connectivity index (χ1n) is 8.31. The van der Waals surface area contributed by atoms with Crippen molar-refractivity contribution in [1.29, 1.82) is 0 Å². The predicted molar refractivity (Wildman–Crippen MR) is 122 cm³/mol. The molecule has 1 aliphatic rings. The maximum Gasteiger partial charge on any atom is 0.337 e. The summed E-state index contributed by atoms with van der Waals surface area (Å²) in [6, 6.07) is 10.4. The van der Waals surface area contributed by atoms with E-state index >= 15 is 0 Å². The lowest BCUT2D eigenvalue weighted by atomic mass is 10.2. The van der Waals surface area contributed by atoms with Crippen LogP contribution in [0.25, 0.3) is 6.08 Å². The molecule has 0 bridgehead atoms. The van der Waals surface area contributed by atoms with Gasteiger partial charge in [-0.25, -0.2) is 9.79 Å². The van der Waals surface area contributed by atoms with Crippen LogP contribution in [0.4, 0.5) is 5.69 Å². The Bertz CT molecular complexity index is 1040. The molecule has 6 nitrogen and oxygen atoms in total. The van der Waals surface area contributed by atoms with E-state index in [0.717, 1.165) is 14.5 Å². The molecule has 1 amide bonds. The number of ether oxygens (including phenoxy) is 2.